The Morgan fingerprint density at radius 1 is 1.70 bits per heavy atom. The van der Waals surface area contributed by atoms with Crippen LogP contribution in [-0.2, 0) is 18.7 Å². The molecule has 6 nitrogen and oxygen atoms in total. The molecule has 62 valence electrons. The highest BCUT2D eigenvalue weighted by atomic mass is 32.2. The fourth-order valence-corrected chi connectivity index (χ4v) is 1.94. The minimum atomic E-state index is -4.39. The number of nitrogens with two attached hydrogens (primary N) is 1. The monoisotopic (exact) mass is 189 g/mol. The quantitative estimate of drug-likeness (QED) is 0.574. The highest BCUT2D eigenvalue weighted by molar-refractivity contribution is 7.90. The standard InChI is InChI=1S/C2H8NO5PS/c1-2-10(6,7)8-9(3,4)5/h2H2,1H3,(H3,3,4,5). The smallest absolute Gasteiger partial charge is 0.312 e. The Morgan fingerprint density at radius 3 is 2.20 bits per heavy atom. The minimum absolute atomic E-state index is 0.380. The van der Waals surface area contributed by atoms with Crippen molar-refractivity contribution in [1.82, 2.24) is 0 Å². The number of hydrogen-bond acceptors (Lipinski definition) is 4. The van der Waals surface area contributed by atoms with Crippen molar-refractivity contribution in [2.45, 2.75) is 6.92 Å². The van der Waals surface area contributed by atoms with Gasteiger partial charge in [0.2, 0.25) is 0 Å². The Kier molecular flexibility index (Phi) is 3.00. The summed E-state index contributed by atoms with van der Waals surface area (Å²) in [6.07, 6.45) is 0. The zero-order chi connectivity index (χ0) is 8.41. The Bertz CT molecular complexity index is 238. The van der Waals surface area contributed by atoms with Crippen LogP contribution in [0.15, 0.2) is 0 Å². The molecule has 0 saturated heterocycles. The van der Waals surface area contributed by atoms with E-state index in [0.717, 1.165) is 0 Å². The van der Waals surface area contributed by atoms with Crippen LogP contribution in [0.2, 0.25) is 0 Å². The summed E-state index contributed by atoms with van der Waals surface area (Å²) in [5.74, 6) is -0.380. The summed E-state index contributed by atoms with van der Waals surface area (Å²) in [5.41, 5.74) is 4.41. The second-order valence-electron chi connectivity index (χ2n) is 1.49. The predicted octanol–water partition coefficient (Wildman–Crippen LogP) is -0.588. The topological polar surface area (TPSA) is 107 Å². The van der Waals surface area contributed by atoms with E-state index < -0.39 is 17.9 Å². The maximum absolute atomic E-state index is 10.4. The summed E-state index contributed by atoms with van der Waals surface area (Å²) in [7, 11) is -8.31. The van der Waals surface area contributed by atoms with Crippen molar-refractivity contribution in [3.8, 4) is 0 Å². The Hall–Kier alpha value is 0.0600. The van der Waals surface area contributed by atoms with Crippen LogP contribution in [0.3, 0.4) is 0 Å². The average molecular weight is 189 g/mol. The van der Waals surface area contributed by atoms with Crippen LogP contribution in [-0.4, -0.2) is 19.1 Å². The van der Waals surface area contributed by atoms with E-state index in [2.05, 4.69) is 9.47 Å². The lowest BCUT2D eigenvalue weighted by molar-refractivity contribution is 0.378. The summed E-state index contributed by atoms with van der Waals surface area (Å²) in [5, 5.41) is 0. The Balaban J connectivity index is 4.33. The summed E-state index contributed by atoms with van der Waals surface area (Å²) in [4.78, 5) is 8.22. The van der Waals surface area contributed by atoms with Crippen molar-refractivity contribution in [1.29, 1.82) is 0 Å². The lowest BCUT2D eigenvalue weighted by Gasteiger charge is -2.03. The molecule has 0 spiro atoms. The second-order valence-corrected chi connectivity index (χ2v) is 4.90. The van der Waals surface area contributed by atoms with E-state index >= 15 is 0 Å². The molecule has 10 heavy (non-hydrogen) atoms. The Morgan fingerprint density at radius 2 is 2.10 bits per heavy atom. The van der Waals surface area contributed by atoms with Crippen LogP contribution in [0.1, 0.15) is 6.92 Å². The van der Waals surface area contributed by atoms with E-state index in [0.29, 0.717) is 0 Å². The minimum Gasteiger partial charge on any atom is -0.312 e. The molecule has 0 aromatic carbocycles. The van der Waals surface area contributed by atoms with Gasteiger partial charge in [0, 0.05) is 0 Å². The van der Waals surface area contributed by atoms with Gasteiger partial charge in [-0.15, -0.1) is 0 Å². The zero-order valence-electron chi connectivity index (χ0n) is 5.22. The predicted molar refractivity (Wildman–Crippen MR) is 34.6 cm³/mol. The largest absolute Gasteiger partial charge is 0.415 e. The van der Waals surface area contributed by atoms with Gasteiger partial charge in [-0.2, -0.15) is 12.4 Å². The van der Waals surface area contributed by atoms with Gasteiger partial charge in [-0.3, -0.25) is 0 Å². The van der Waals surface area contributed by atoms with Crippen molar-refractivity contribution in [2.24, 2.45) is 5.50 Å². The van der Waals surface area contributed by atoms with E-state index in [1.807, 2.05) is 0 Å². The number of rotatable bonds is 3. The Labute approximate surface area is 58.7 Å². The molecule has 0 aliphatic carbocycles. The van der Waals surface area contributed by atoms with Crippen LogP contribution in [0.25, 0.3) is 0 Å². The van der Waals surface area contributed by atoms with Crippen LogP contribution in [0.5, 0.6) is 0 Å². The van der Waals surface area contributed by atoms with Crippen LogP contribution in [0.4, 0.5) is 0 Å². The van der Waals surface area contributed by atoms with E-state index in [1.165, 1.54) is 6.92 Å². The van der Waals surface area contributed by atoms with Crippen molar-refractivity contribution >= 4 is 17.9 Å². The third-order valence-corrected chi connectivity index (χ3v) is 3.04. The summed E-state index contributed by atoms with van der Waals surface area (Å²) in [6, 6.07) is 0. The molecule has 0 fully saturated rings. The molecule has 0 heterocycles. The summed E-state index contributed by atoms with van der Waals surface area (Å²) < 4.78 is 34.5. The molecule has 0 aromatic rings. The molecule has 1 unspecified atom stereocenters. The third-order valence-electron chi connectivity index (χ3n) is 0.574. The molecule has 0 amide bonds. The second kappa shape index (κ2) is 2.98. The maximum atomic E-state index is 10.4. The van der Waals surface area contributed by atoms with E-state index in [-0.39, 0.29) is 5.75 Å². The fraction of sp³-hybridized carbons (Fsp3) is 1.00. The summed E-state index contributed by atoms with van der Waals surface area (Å²) in [6.45, 7) is 1.27. The molecular weight excluding hydrogens is 181 g/mol. The SMILES string of the molecule is CCS(=O)(=O)OP(N)(=O)O. The van der Waals surface area contributed by atoms with Gasteiger partial charge in [0.15, 0.2) is 0 Å². The average Bonchev–Trinajstić information content (AvgIpc) is 1.60. The molecule has 0 saturated carbocycles. The lowest BCUT2D eigenvalue weighted by atomic mass is 11.0. The van der Waals surface area contributed by atoms with Gasteiger partial charge in [-0.25, -0.2) is 10.1 Å². The first-order valence-electron chi connectivity index (χ1n) is 2.32. The molecule has 1 atom stereocenters. The zero-order valence-corrected chi connectivity index (χ0v) is 6.93. The fourth-order valence-electron chi connectivity index (χ4n) is 0.215. The molecule has 8 heteroatoms. The van der Waals surface area contributed by atoms with E-state index in [4.69, 9.17) is 4.89 Å². The van der Waals surface area contributed by atoms with Crippen LogP contribution >= 0.6 is 7.75 Å². The van der Waals surface area contributed by atoms with Crippen molar-refractivity contribution in [3.05, 3.63) is 0 Å². The molecule has 0 aliphatic rings. The van der Waals surface area contributed by atoms with Gasteiger partial charge in [-0.1, -0.05) is 0 Å². The molecule has 0 radical (unpaired) electrons. The molecule has 0 rings (SSSR count). The molecule has 0 aliphatic heterocycles. The van der Waals surface area contributed by atoms with Crippen LogP contribution in [0, 0.1) is 0 Å². The maximum Gasteiger partial charge on any atom is 0.415 e. The van der Waals surface area contributed by atoms with E-state index in [9.17, 15) is 13.0 Å². The summed E-state index contributed by atoms with van der Waals surface area (Å²) >= 11 is 0. The van der Waals surface area contributed by atoms with Crippen molar-refractivity contribution in [2.75, 3.05) is 5.75 Å². The van der Waals surface area contributed by atoms with Gasteiger partial charge in [0.1, 0.15) is 0 Å². The third kappa shape index (κ3) is 4.89. The highest BCUT2D eigenvalue weighted by Crippen LogP contribution is 2.33. The first kappa shape index (κ1) is 10.1. The van der Waals surface area contributed by atoms with Gasteiger partial charge in [0.25, 0.3) is 10.1 Å². The molecular formula is C2H8NO5PS. The molecule has 0 aromatic heterocycles. The van der Waals surface area contributed by atoms with Gasteiger partial charge in [0.05, 0.1) is 5.75 Å². The van der Waals surface area contributed by atoms with Crippen molar-refractivity contribution in [3.63, 3.8) is 0 Å². The normalized spacial score (nSPS) is 18.3. The van der Waals surface area contributed by atoms with Crippen LogP contribution < -0.4 is 5.50 Å². The molecule has 3 N–H and O–H groups in total. The van der Waals surface area contributed by atoms with Crippen molar-refractivity contribution < 1.29 is 21.8 Å². The lowest BCUT2D eigenvalue weighted by Crippen LogP contribution is -2.09. The van der Waals surface area contributed by atoms with Gasteiger partial charge < -0.3 is 4.89 Å². The first-order valence-corrected chi connectivity index (χ1v) is 5.54. The highest BCUT2D eigenvalue weighted by Gasteiger charge is 2.21. The molecule has 0 bridgehead atoms. The number of hydrogen-bond donors (Lipinski definition) is 2. The first-order chi connectivity index (χ1) is 4.27. The van der Waals surface area contributed by atoms with Gasteiger partial charge in [-0.05, 0) is 6.92 Å². The van der Waals surface area contributed by atoms with Gasteiger partial charge >= 0.3 is 7.75 Å². The van der Waals surface area contributed by atoms with E-state index in [1.54, 1.807) is 0 Å².